The monoisotopic (exact) mass is 500 g/mol. The number of benzene rings is 3. The highest BCUT2D eigenvalue weighted by Crippen LogP contribution is 2.33. The Morgan fingerprint density at radius 1 is 1.00 bits per heavy atom. The van der Waals surface area contributed by atoms with Crippen LogP contribution in [-0.4, -0.2) is 27.6 Å². The number of fused-ring (bicyclic) bond motifs is 1. The predicted octanol–water partition coefficient (Wildman–Crippen LogP) is 5.20. The van der Waals surface area contributed by atoms with Crippen LogP contribution >= 0.6 is 11.3 Å². The van der Waals surface area contributed by atoms with E-state index in [2.05, 4.69) is 10.3 Å². The van der Waals surface area contributed by atoms with Crippen LogP contribution in [0.2, 0.25) is 0 Å². The minimum Gasteiger partial charge on any atom is -0.457 e. The maximum atomic E-state index is 13.2. The summed E-state index contributed by atoms with van der Waals surface area (Å²) in [7, 11) is 0. The zero-order chi connectivity index (χ0) is 25.4. The second-order valence-corrected chi connectivity index (χ2v) is 8.67. The number of thiazole rings is 1. The van der Waals surface area contributed by atoms with Gasteiger partial charge in [0.15, 0.2) is 5.13 Å². The summed E-state index contributed by atoms with van der Waals surface area (Å²) in [5.74, 6) is -1.08. The molecule has 0 saturated carbocycles. The molecule has 0 bridgehead atoms. The smallest absolute Gasteiger partial charge is 0.273 e. The molecule has 1 aliphatic heterocycles. The average Bonchev–Trinajstić information content (AvgIpc) is 3.38. The van der Waals surface area contributed by atoms with Gasteiger partial charge in [-0.25, -0.2) is 9.88 Å². The second-order valence-electron chi connectivity index (χ2n) is 7.81. The second kappa shape index (κ2) is 9.04. The number of aromatic nitrogens is 1. The predicted molar refractivity (Wildman–Crippen MR) is 132 cm³/mol. The van der Waals surface area contributed by atoms with Gasteiger partial charge in [0, 0.05) is 17.0 Å². The summed E-state index contributed by atoms with van der Waals surface area (Å²) in [4.78, 5) is 54.6. The molecule has 1 N–H and O–H groups in total. The lowest BCUT2D eigenvalue weighted by atomic mass is 10.1. The fourth-order valence-corrected chi connectivity index (χ4v) is 4.36. The quantitative estimate of drug-likeness (QED) is 0.218. The van der Waals surface area contributed by atoms with Crippen LogP contribution in [0.1, 0.15) is 36.8 Å². The molecule has 2 heterocycles. The highest BCUT2D eigenvalue weighted by atomic mass is 32.1. The number of hydrogen-bond acceptors (Lipinski definition) is 8. The van der Waals surface area contributed by atoms with Gasteiger partial charge in [-0.3, -0.25) is 29.8 Å². The van der Waals surface area contributed by atoms with E-state index in [9.17, 15) is 24.5 Å². The van der Waals surface area contributed by atoms with Crippen molar-refractivity contribution in [3.05, 3.63) is 105 Å². The molecule has 178 valence electrons. The minimum absolute atomic E-state index is 0.121. The number of rotatable bonds is 6. The van der Waals surface area contributed by atoms with Crippen LogP contribution in [0.15, 0.2) is 72.1 Å². The molecule has 1 aromatic heterocycles. The largest absolute Gasteiger partial charge is 0.457 e. The zero-order valence-electron chi connectivity index (χ0n) is 18.6. The summed E-state index contributed by atoms with van der Waals surface area (Å²) < 4.78 is 5.68. The molecule has 4 aromatic rings. The summed E-state index contributed by atoms with van der Waals surface area (Å²) in [6.07, 6.45) is 0. The summed E-state index contributed by atoms with van der Waals surface area (Å²) in [5, 5.41) is 16.0. The molecular weight excluding hydrogens is 484 g/mol. The first-order chi connectivity index (χ1) is 17.3. The summed E-state index contributed by atoms with van der Waals surface area (Å²) >= 11 is 1.29. The van der Waals surface area contributed by atoms with Gasteiger partial charge in [0.2, 0.25) is 0 Å². The molecule has 3 aromatic carbocycles. The molecule has 5 rings (SSSR count). The highest BCUT2D eigenvalue weighted by molar-refractivity contribution is 7.13. The van der Waals surface area contributed by atoms with Crippen LogP contribution in [0.5, 0.6) is 11.5 Å². The van der Waals surface area contributed by atoms with Crippen LogP contribution in [0.3, 0.4) is 0 Å². The van der Waals surface area contributed by atoms with Crippen LogP contribution < -0.4 is 15.0 Å². The number of imide groups is 1. The van der Waals surface area contributed by atoms with Crippen LogP contribution in [0.25, 0.3) is 0 Å². The van der Waals surface area contributed by atoms with Crippen LogP contribution in [0, 0.1) is 17.0 Å². The first kappa shape index (κ1) is 22.9. The van der Waals surface area contributed by atoms with Crippen LogP contribution in [0.4, 0.5) is 16.5 Å². The lowest BCUT2D eigenvalue weighted by Crippen LogP contribution is -2.29. The number of anilines is 2. The molecule has 0 atom stereocenters. The van der Waals surface area contributed by atoms with Crippen molar-refractivity contribution in [3.63, 3.8) is 0 Å². The standard InChI is InChI=1S/C25H16N4O6S/c1-14-13-36-25(26-14)27-22(30)15-4-2-5-16(10-15)28-23(31)20-9-8-19(12-21(20)24(28)32)35-18-7-3-6-17(11-18)29(33)34/h2-13H,1H3,(H,26,27,30). The molecule has 0 fully saturated rings. The van der Waals surface area contributed by atoms with E-state index in [1.54, 1.807) is 24.3 Å². The fraction of sp³-hybridized carbons (Fsp3) is 0.0400. The van der Waals surface area contributed by atoms with Crippen molar-refractivity contribution in [2.45, 2.75) is 6.92 Å². The third-order valence-corrected chi connectivity index (χ3v) is 6.20. The third-order valence-electron chi connectivity index (χ3n) is 5.33. The number of carbonyl (C=O) groups excluding carboxylic acids is 3. The number of aryl methyl sites for hydroxylation is 1. The van der Waals surface area contributed by atoms with Gasteiger partial charge in [0.1, 0.15) is 11.5 Å². The van der Waals surface area contributed by atoms with E-state index in [4.69, 9.17) is 4.74 Å². The van der Waals surface area contributed by atoms with E-state index in [1.807, 2.05) is 12.3 Å². The van der Waals surface area contributed by atoms with Crippen molar-refractivity contribution in [2.24, 2.45) is 0 Å². The number of amides is 3. The van der Waals surface area contributed by atoms with Crippen molar-refractivity contribution in [3.8, 4) is 11.5 Å². The molecule has 0 unspecified atom stereocenters. The van der Waals surface area contributed by atoms with Crippen molar-refractivity contribution in [2.75, 3.05) is 10.2 Å². The van der Waals surface area contributed by atoms with Gasteiger partial charge < -0.3 is 4.74 Å². The first-order valence-corrected chi connectivity index (χ1v) is 11.5. The number of nitro benzene ring substituents is 1. The summed E-state index contributed by atoms with van der Waals surface area (Å²) in [5.41, 5.74) is 1.44. The summed E-state index contributed by atoms with van der Waals surface area (Å²) in [6.45, 7) is 1.81. The molecular formula is C25H16N4O6S. The molecule has 0 radical (unpaired) electrons. The summed E-state index contributed by atoms with van der Waals surface area (Å²) in [6, 6.07) is 16.2. The number of non-ortho nitro benzene ring substituents is 1. The Morgan fingerprint density at radius 2 is 1.75 bits per heavy atom. The normalized spacial score (nSPS) is 12.4. The van der Waals surface area contributed by atoms with Crippen molar-refractivity contribution < 1.29 is 24.0 Å². The zero-order valence-corrected chi connectivity index (χ0v) is 19.4. The van der Waals surface area contributed by atoms with Gasteiger partial charge in [-0.2, -0.15) is 0 Å². The van der Waals surface area contributed by atoms with E-state index >= 15 is 0 Å². The number of nitrogens with one attached hydrogen (secondary N) is 1. The van der Waals surface area contributed by atoms with Gasteiger partial charge in [-0.05, 0) is 49.4 Å². The SMILES string of the molecule is Cc1csc(NC(=O)c2cccc(N3C(=O)c4ccc(Oc5cccc([N+](=O)[O-])c5)cc4C3=O)c2)n1. The van der Waals surface area contributed by atoms with Gasteiger partial charge in [-0.1, -0.05) is 12.1 Å². The van der Waals surface area contributed by atoms with Crippen molar-refractivity contribution >= 4 is 45.6 Å². The van der Waals surface area contributed by atoms with Gasteiger partial charge in [0.25, 0.3) is 23.4 Å². The lowest BCUT2D eigenvalue weighted by molar-refractivity contribution is -0.384. The highest BCUT2D eigenvalue weighted by Gasteiger charge is 2.37. The maximum absolute atomic E-state index is 13.2. The fourth-order valence-electron chi connectivity index (χ4n) is 3.68. The van der Waals surface area contributed by atoms with Crippen LogP contribution in [-0.2, 0) is 0 Å². The Kier molecular flexibility index (Phi) is 5.74. The Hall–Kier alpha value is -4.90. The molecule has 36 heavy (non-hydrogen) atoms. The van der Waals surface area contributed by atoms with E-state index in [0.29, 0.717) is 5.13 Å². The number of hydrogen-bond donors (Lipinski definition) is 1. The van der Waals surface area contributed by atoms with Crippen molar-refractivity contribution in [1.82, 2.24) is 4.98 Å². The van der Waals surface area contributed by atoms with Crippen molar-refractivity contribution in [1.29, 1.82) is 0 Å². The topological polar surface area (TPSA) is 132 Å². The van der Waals surface area contributed by atoms with Gasteiger partial charge in [0.05, 0.1) is 33.5 Å². The Bertz CT molecular complexity index is 1560. The minimum atomic E-state index is -0.576. The van der Waals surface area contributed by atoms with Gasteiger partial charge >= 0.3 is 0 Å². The average molecular weight is 500 g/mol. The molecule has 0 aliphatic carbocycles. The third kappa shape index (κ3) is 4.30. The molecule has 0 spiro atoms. The van der Waals surface area contributed by atoms with Gasteiger partial charge in [-0.15, -0.1) is 11.3 Å². The van der Waals surface area contributed by atoms with E-state index in [1.165, 1.54) is 53.8 Å². The molecule has 10 nitrogen and oxygen atoms in total. The Morgan fingerprint density at radius 3 is 2.50 bits per heavy atom. The number of nitrogens with zero attached hydrogens (tertiary/aromatic N) is 3. The van der Waals surface area contributed by atoms with E-state index in [0.717, 1.165) is 10.6 Å². The van der Waals surface area contributed by atoms with E-state index in [-0.39, 0.29) is 39.6 Å². The molecule has 11 heteroatoms. The number of nitro groups is 1. The number of ether oxygens (including phenoxy) is 1. The molecule has 0 saturated heterocycles. The van der Waals surface area contributed by atoms with E-state index < -0.39 is 22.6 Å². The Labute approximate surface area is 207 Å². The number of carbonyl (C=O) groups is 3. The molecule has 1 aliphatic rings. The first-order valence-electron chi connectivity index (χ1n) is 10.6. The Balaban J connectivity index is 1.39. The molecule has 3 amide bonds. The maximum Gasteiger partial charge on any atom is 0.273 e. The lowest BCUT2D eigenvalue weighted by Gasteiger charge is -2.14.